The van der Waals surface area contributed by atoms with Gasteiger partial charge in [-0.05, 0) is 19.3 Å². The first-order valence-electron chi connectivity index (χ1n) is 10.8. The molecule has 0 unspecified atom stereocenters. The Bertz CT molecular complexity index is 372. The minimum Gasteiger partial charge on any atom is -0.512 e. The Morgan fingerprint density at radius 2 is 1.23 bits per heavy atom. The Hall–Kier alpha value is -1.25. The van der Waals surface area contributed by atoms with Crippen LogP contribution in [0.4, 0.5) is 0 Å². The molecule has 1 N–H and O–H groups in total. The van der Waals surface area contributed by atoms with Crippen molar-refractivity contribution < 1.29 is 14.6 Å². The van der Waals surface area contributed by atoms with Gasteiger partial charge in [-0.25, -0.2) is 4.79 Å². The summed E-state index contributed by atoms with van der Waals surface area (Å²) in [4.78, 5) is 10.9. The molecule has 0 amide bonds. The summed E-state index contributed by atoms with van der Waals surface area (Å²) in [5, 5.41) is 9.50. The van der Waals surface area contributed by atoms with Gasteiger partial charge in [0.1, 0.15) is 0 Å². The molecule has 152 valence electrons. The van der Waals surface area contributed by atoms with Gasteiger partial charge < -0.3 is 9.84 Å². The van der Waals surface area contributed by atoms with E-state index in [-0.39, 0.29) is 5.76 Å². The highest BCUT2D eigenvalue weighted by atomic mass is 16.5. The SMILES string of the molecule is CCCCCCCCCCCCCCC/C=C/CC/C(O)=C/C(=O)OC. The Kier molecular flexibility index (Phi) is 19.1. The molecule has 0 fully saturated rings. The van der Waals surface area contributed by atoms with E-state index in [1.807, 2.05) is 0 Å². The summed E-state index contributed by atoms with van der Waals surface area (Å²) in [5.74, 6) is -0.416. The molecule has 0 atom stereocenters. The third-order valence-corrected chi connectivity index (χ3v) is 4.69. The van der Waals surface area contributed by atoms with Gasteiger partial charge in [0, 0.05) is 6.42 Å². The van der Waals surface area contributed by atoms with Gasteiger partial charge in [-0.15, -0.1) is 0 Å². The average Bonchev–Trinajstić information content (AvgIpc) is 2.64. The lowest BCUT2D eigenvalue weighted by molar-refractivity contribution is -0.135. The van der Waals surface area contributed by atoms with Crippen LogP contribution in [0.5, 0.6) is 0 Å². The number of esters is 1. The molecule has 3 nitrogen and oxygen atoms in total. The van der Waals surface area contributed by atoms with Crippen LogP contribution in [-0.4, -0.2) is 18.2 Å². The molecule has 3 heteroatoms. The van der Waals surface area contributed by atoms with Crippen molar-refractivity contribution >= 4 is 5.97 Å². The van der Waals surface area contributed by atoms with Crippen LogP contribution in [0.1, 0.15) is 110 Å². The fourth-order valence-electron chi connectivity index (χ4n) is 3.01. The molecule has 0 spiro atoms. The van der Waals surface area contributed by atoms with Crippen molar-refractivity contribution in [2.24, 2.45) is 0 Å². The average molecular weight is 367 g/mol. The molecule has 0 aliphatic carbocycles. The van der Waals surface area contributed by atoms with Crippen LogP contribution >= 0.6 is 0 Å². The molecule has 0 aliphatic rings. The van der Waals surface area contributed by atoms with Crippen LogP contribution in [0.15, 0.2) is 24.0 Å². The summed E-state index contributed by atoms with van der Waals surface area (Å²) in [6.07, 6.45) is 25.8. The topological polar surface area (TPSA) is 46.5 Å². The highest BCUT2D eigenvalue weighted by Crippen LogP contribution is 2.13. The van der Waals surface area contributed by atoms with E-state index in [0.29, 0.717) is 6.42 Å². The number of methoxy groups -OCH3 is 1. The fraction of sp³-hybridized carbons (Fsp3) is 0.783. The monoisotopic (exact) mass is 366 g/mol. The molecule has 0 heterocycles. The summed E-state index contributed by atoms with van der Waals surface area (Å²) in [6.45, 7) is 2.27. The molecule has 0 radical (unpaired) electrons. The predicted octanol–water partition coefficient (Wildman–Crippen LogP) is 7.42. The van der Waals surface area contributed by atoms with Gasteiger partial charge in [-0.3, -0.25) is 0 Å². The second-order valence-electron chi connectivity index (χ2n) is 7.20. The summed E-state index contributed by atoms with van der Waals surface area (Å²) in [7, 11) is 1.31. The predicted molar refractivity (Wildman–Crippen MR) is 111 cm³/mol. The molecular weight excluding hydrogens is 324 g/mol. The number of allylic oxidation sites excluding steroid dienone is 3. The van der Waals surface area contributed by atoms with E-state index in [4.69, 9.17) is 0 Å². The van der Waals surface area contributed by atoms with E-state index in [9.17, 15) is 9.90 Å². The van der Waals surface area contributed by atoms with E-state index >= 15 is 0 Å². The zero-order chi connectivity index (χ0) is 19.3. The highest BCUT2D eigenvalue weighted by Gasteiger charge is 1.98. The van der Waals surface area contributed by atoms with Crippen molar-refractivity contribution in [3.63, 3.8) is 0 Å². The summed E-state index contributed by atoms with van der Waals surface area (Å²) >= 11 is 0. The van der Waals surface area contributed by atoms with E-state index in [2.05, 4.69) is 23.8 Å². The molecule has 0 aromatic rings. The molecule has 0 aliphatic heterocycles. The van der Waals surface area contributed by atoms with Crippen molar-refractivity contribution in [1.29, 1.82) is 0 Å². The van der Waals surface area contributed by atoms with E-state index in [1.165, 1.54) is 90.6 Å². The molecule has 0 aromatic heterocycles. The van der Waals surface area contributed by atoms with Gasteiger partial charge in [0.25, 0.3) is 0 Å². The summed E-state index contributed by atoms with van der Waals surface area (Å²) in [6, 6.07) is 0. The summed E-state index contributed by atoms with van der Waals surface area (Å²) < 4.78 is 4.46. The number of aliphatic hydroxyl groups is 1. The third-order valence-electron chi connectivity index (χ3n) is 4.69. The summed E-state index contributed by atoms with van der Waals surface area (Å²) in [5.41, 5.74) is 0. The molecule has 26 heavy (non-hydrogen) atoms. The Labute approximate surface area is 161 Å². The van der Waals surface area contributed by atoms with E-state index in [0.717, 1.165) is 18.9 Å². The first kappa shape index (κ1) is 24.8. The Morgan fingerprint density at radius 3 is 1.73 bits per heavy atom. The number of hydrogen-bond donors (Lipinski definition) is 1. The van der Waals surface area contributed by atoms with Crippen molar-refractivity contribution in [2.45, 2.75) is 110 Å². The number of aliphatic hydroxyl groups excluding tert-OH is 1. The molecule has 0 bridgehead atoms. The quantitative estimate of drug-likeness (QED) is 0.0902. The van der Waals surface area contributed by atoms with Gasteiger partial charge in [0.05, 0.1) is 18.9 Å². The first-order valence-corrected chi connectivity index (χ1v) is 10.8. The lowest BCUT2D eigenvalue weighted by atomic mass is 10.0. The smallest absolute Gasteiger partial charge is 0.333 e. The van der Waals surface area contributed by atoms with Crippen LogP contribution in [0.25, 0.3) is 0 Å². The second-order valence-corrected chi connectivity index (χ2v) is 7.20. The number of carbonyl (C=O) groups is 1. The number of rotatable bonds is 18. The number of ether oxygens (including phenoxy) is 1. The third kappa shape index (κ3) is 19.1. The van der Waals surface area contributed by atoms with Crippen molar-refractivity contribution in [3.8, 4) is 0 Å². The molecule has 0 saturated carbocycles. The number of hydrogen-bond acceptors (Lipinski definition) is 3. The van der Waals surface area contributed by atoms with Crippen LogP contribution < -0.4 is 0 Å². The van der Waals surface area contributed by atoms with Crippen LogP contribution in [0.2, 0.25) is 0 Å². The number of carbonyl (C=O) groups excluding carboxylic acids is 1. The van der Waals surface area contributed by atoms with Crippen LogP contribution in [0.3, 0.4) is 0 Å². The van der Waals surface area contributed by atoms with E-state index < -0.39 is 5.97 Å². The fourth-order valence-corrected chi connectivity index (χ4v) is 3.01. The normalized spacial score (nSPS) is 12.0. The minimum atomic E-state index is -0.501. The first-order chi connectivity index (χ1) is 12.7. The zero-order valence-electron chi connectivity index (χ0n) is 17.3. The maximum Gasteiger partial charge on any atom is 0.333 e. The largest absolute Gasteiger partial charge is 0.512 e. The zero-order valence-corrected chi connectivity index (χ0v) is 17.3. The van der Waals surface area contributed by atoms with Crippen LogP contribution in [-0.2, 0) is 9.53 Å². The maximum absolute atomic E-state index is 10.9. The van der Waals surface area contributed by atoms with Gasteiger partial charge in [0.15, 0.2) is 0 Å². The lowest BCUT2D eigenvalue weighted by Crippen LogP contribution is -1.96. The minimum absolute atomic E-state index is 0.0856. The van der Waals surface area contributed by atoms with Crippen molar-refractivity contribution in [3.05, 3.63) is 24.0 Å². The maximum atomic E-state index is 10.9. The second kappa shape index (κ2) is 20.1. The Morgan fingerprint density at radius 1 is 0.769 bits per heavy atom. The standard InChI is InChI=1S/C23H42O3/c1-3-4-5-6-7-8-9-10-11-12-13-14-15-16-17-18-19-20-22(24)21-23(25)26-2/h17-18,21,24H,3-16,19-20H2,1-2H3/b18-17+,22-21-. The molecule has 0 aromatic carbocycles. The van der Waals surface area contributed by atoms with Gasteiger partial charge in [-0.2, -0.15) is 0 Å². The van der Waals surface area contributed by atoms with Gasteiger partial charge in [-0.1, -0.05) is 96.1 Å². The van der Waals surface area contributed by atoms with Gasteiger partial charge >= 0.3 is 5.97 Å². The van der Waals surface area contributed by atoms with Crippen molar-refractivity contribution in [1.82, 2.24) is 0 Å². The van der Waals surface area contributed by atoms with Crippen LogP contribution in [0, 0.1) is 0 Å². The van der Waals surface area contributed by atoms with Crippen molar-refractivity contribution in [2.75, 3.05) is 7.11 Å². The molecule has 0 rings (SSSR count). The molecule has 0 saturated heterocycles. The number of unbranched alkanes of at least 4 members (excludes halogenated alkanes) is 13. The highest BCUT2D eigenvalue weighted by molar-refractivity contribution is 5.82. The van der Waals surface area contributed by atoms with E-state index in [1.54, 1.807) is 0 Å². The lowest BCUT2D eigenvalue weighted by Gasteiger charge is -2.02. The Balaban J connectivity index is 3.26. The molecular formula is C23H42O3. The van der Waals surface area contributed by atoms with Gasteiger partial charge in [0.2, 0.25) is 0 Å².